The molecule has 1 aliphatic rings. The monoisotopic (exact) mass is 481 g/mol. The van der Waals surface area contributed by atoms with Gasteiger partial charge in [-0.1, -0.05) is 6.92 Å². The fourth-order valence-electron chi connectivity index (χ4n) is 2.63. The first-order chi connectivity index (χ1) is 11.8. The first-order valence-corrected chi connectivity index (χ1v) is 9.81. The summed E-state index contributed by atoms with van der Waals surface area (Å²) in [5.41, 5.74) is 0. The lowest BCUT2D eigenvalue weighted by Gasteiger charge is -2.26. The molecule has 0 aromatic carbocycles. The van der Waals surface area contributed by atoms with Gasteiger partial charge in [0.05, 0.1) is 18.2 Å². The smallest absolute Gasteiger partial charge is 0.190 e. The fraction of sp³-hybridized carbons (Fsp3) is 0.765. The molecule has 0 aliphatic carbocycles. The Bertz CT molecular complexity index is 491. The minimum absolute atomic E-state index is 0. The van der Waals surface area contributed by atoms with E-state index in [1.807, 2.05) is 13.2 Å². The second-order valence-electron chi connectivity index (χ2n) is 5.91. The Kier molecular flexibility index (Phi) is 12.4. The van der Waals surface area contributed by atoms with Crippen molar-refractivity contribution in [3.8, 4) is 0 Å². The minimum atomic E-state index is 0. The predicted octanol–water partition coefficient (Wildman–Crippen LogP) is 2.14. The molecule has 1 aromatic rings. The van der Waals surface area contributed by atoms with Crippen LogP contribution in [0, 0.1) is 0 Å². The third-order valence-electron chi connectivity index (χ3n) is 4.10. The summed E-state index contributed by atoms with van der Waals surface area (Å²) in [5, 5.41) is 7.95. The molecular formula is C17H32IN5OS. The maximum Gasteiger partial charge on any atom is 0.190 e. The van der Waals surface area contributed by atoms with E-state index >= 15 is 0 Å². The molecule has 1 aliphatic heterocycles. The second-order valence-corrected chi connectivity index (χ2v) is 7.11. The molecule has 1 saturated heterocycles. The van der Waals surface area contributed by atoms with Crippen LogP contribution in [0.1, 0.15) is 29.7 Å². The maximum atomic E-state index is 5.37. The lowest BCUT2D eigenvalue weighted by Crippen LogP contribution is -2.39. The number of aromatic nitrogens is 1. The summed E-state index contributed by atoms with van der Waals surface area (Å²) in [7, 11) is 1.82. The van der Waals surface area contributed by atoms with Crippen molar-refractivity contribution in [2.75, 3.05) is 53.0 Å². The first kappa shape index (κ1) is 22.6. The van der Waals surface area contributed by atoms with Crippen LogP contribution < -0.4 is 10.6 Å². The van der Waals surface area contributed by atoms with E-state index in [1.165, 1.54) is 22.9 Å². The summed E-state index contributed by atoms with van der Waals surface area (Å²) in [4.78, 5) is 12.6. The molecule has 0 saturated carbocycles. The number of aryl methyl sites for hydroxylation is 1. The molecule has 0 radical (unpaired) electrons. The number of rotatable bonds is 9. The summed E-state index contributed by atoms with van der Waals surface area (Å²) in [6.07, 6.45) is 6.37. The van der Waals surface area contributed by atoms with Crippen LogP contribution >= 0.6 is 35.3 Å². The maximum absolute atomic E-state index is 5.37. The number of guanidine groups is 1. The summed E-state index contributed by atoms with van der Waals surface area (Å²) < 4.78 is 5.37. The molecule has 0 bridgehead atoms. The normalized spacial score (nSPS) is 15.7. The van der Waals surface area contributed by atoms with Gasteiger partial charge in [0.25, 0.3) is 0 Å². The Morgan fingerprint density at radius 2 is 2.04 bits per heavy atom. The van der Waals surface area contributed by atoms with Crippen LogP contribution in [0.2, 0.25) is 0 Å². The Hall–Kier alpha value is -0.450. The molecule has 0 atom stereocenters. The number of thiazole rings is 1. The van der Waals surface area contributed by atoms with Gasteiger partial charge in [-0.15, -0.1) is 35.3 Å². The third-order valence-corrected chi connectivity index (χ3v) is 5.30. The van der Waals surface area contributed by atoms with E-state index in [4.69, 9.17) is 4.74 Å². The van der Waals surface area contributed by atoms with Crippen LogP contribution in [0.3, 0.4) is 0 Å². The standard InChI is InChI=1S/C17H31N5OS.HI/c1-3-15-14-21-16(24-15)6-8-20-17(18-2)19-7-4-5-9-22-10-12-23-13-11-22;/h14H,3-13H2,1-2H3,(H2,18,19,20);1H. The zero-order valence-electron chi connectivity index (χ0n) is 15.4. The van der Waals surface area contributed by atoms with Crippen LogP contribution in [-0.2, 0) is 17.6 Å². The summed E-state index contributed by atoms with van der Waals surface area (Å²) in [6.45, 7) is 9.08. The molecule has 8 heteroatoms. The SMILES string of the molecule is CCc1cnc(CCNC(=NC)NCCCCN2CCOCC2)s1.I. The third kappa shape index (κ3) is 9.16. The molecule has 1 aromatic heterocycles. The lowest BCUT2D eigenvalue weighted by molar-refractivity contribution is 0.0372. The van der Waals surface area contributed by atoms with Crippen LogP contribution in [0.25, 0.3) is 0 Å². The minimum Gasteiger partial charge on any atom is -0.379 e. The molecule has 0 unspecified atom stereocenters. The van der Waals surface area contributed by atoms with Gasteiger partial charge in [-0.05, 0) is 25.8 Å². The van der Waals surface area contributed by atoms with Crippen LogP contribution in [0.15, 0.2) is 11.2 Å². The highest BCUT2D eigenvalue weighted by molar-refractivity contribution is 14.0. The van der Waals surface area contributed by atoms with Gasteiger partial charge in [-0.2, -0.15) is 0 Å². The molecule has 144 valence electrons. The topological polar surface area (TPSA) is 61.8 Å². The van der Waals surface area contributed by atoms with Crippen LogP contribution in [0.4, 0.5) is 0 Å². The van der Waals surface area contributed by atoms with E-state index in [2.05, 4.69) is 32.4 Å². The van der Waals surface area contributed by atoms with Crippen molar-refractivity contribution >= 4 is 41.3 Å². The first-order valence-electron chi connectivity index (χ1n) is 9.00. The average molecular weight is 481 g/mol. The number of hydrogen-bond donors (Lipinski definition) is 2. The van der Waals surface area contributed by atoms with Crippen LogP contribution in [-0.4, -0.2) is 68.8 Å². The number of halogens is 1. The zero-order valence-corrected chi connectivity index (χ0v) is 18.6. The van der Waals surface area contributed by atoms with E-state index in [-0.39, 0.29) is 24.0 Å². The van der Waals surface area contributed by atoms with Gasteiger partial charge < -0.3 is 15.4 Å². The van der Waals surface area contributed by atoms with Gasteiger partial charge in [0.15, 0.2) is 5.96 Å². The highest BCUT2D eigenvalue weighted by atomic mass is 127. The van der Waals surface area contributed by atoms with Crippen molar-refractivity contribution in [3.05, 3.63) is 16.1 Å². The van der Waals surface area contributed by atoms with E-state index < -0.39 is 0 Å². The Balaban J connectivity index is 0.00000312. The highest BCUT2D eigenvalue weighted by Crippen LogP contribution is 2.13. The van der Waals surface area contributed by atoms with E-state index in [0.29, 0.717) is 0 Å². The summed E-state index contributed by atoms with van der Waals surface area (Å²) in [6, 6.07) is 0. The number of ether oxygens (including phenoxy) is 1. The van der Waals surface area contributed by atoms with Crippen molar-refractivity contribution < 1.29 is 4.74 Å². The lowest BCUT2D eigenvalue weighted by atomic mass is 10.3. The number of unbranched alkanes of at least 4 members (excludes halogenated alkanes) is 1. The largest absolute Gasteiger partial charge is 0.379 e. The molecule has 2 N–H and O–H groups in total. The summed E-state index contributed by atoms with van der Waals surface area (Å²) in [5.74, 6) is 0.883. The summed E-state index contributed by atoms with van der Waals surface area (Å²) >= 11 is 1.81. The van der Waals surface area contributed by atoms with Crippen molar-refractivity contribution in [1.82, 2.24) is 20.5 Å². The van der Waals surface area contributed by atoms with Crippen molar-refractivity contribution in [2.45, 2.75) is 32.6 Å². The molecular weight excluding hydrogens is 449 g/mol. The van der Waals surface area contributed by atoms with Gasteiger partial charge in [0.2, 0.25) is 0 Å². The number of aliphatic imine (C=N–C) groups is 1. The number of hydrogen-bond acceptors (Lipinski definition) is 5. The number of nitrogens with zero attached hydrogens (tertiary/aromatic N) is 3. The molecule has 6 nitrogen and oxygen atoms in total. The van der Waals surface area contributed by atoms with Crippen molar-refractivity contribution in [3.63, 3.8) is 0 Å². The molecule has 0 spiro atoms. The highest BCUT2D eigenvalue weighted by Gasteiger charge is 2.09. The van der Waals surface area contributed by atoms with Gasteiger partial charge in [-0.3, -0.25) is 9.89 Å². The van der Waals surface area contributed by atoms with Gasteiger partial charge in [-0.25, -0.2) is 4.98 Å². The Morgan fingerprint density at radius 3 is 2.72 bits per heavy atom. The number of nitrogens with one attached hydrogen (secondary N) is 2. The molecule has 25 heavy (non-hydrogen) atoms. The van der Waals surface area contributed by atoms with Crippen LogP contribution in [0.5, 0.6) is 0 Å². The Morgan fingerprint density at radius 1 is 1.28 bits per heavy atom. The van der Waals surface area contributed by atoms with Crippen molar-refractivity contribution in [2.24, 2.45) is 4.99 Å². The molecule has 2 heterocycles. The average Bonchev–Trinajstić information content (AvgIpc) is 3.09. The van der Waals surface area contributed by atoms with Gasteiger partial charge in [0, 0.05) is 50.7 Å². The van der Waals surface area contributed by atoms with Gasteiger partial charge in [0.1, 0.15) is 0 Å². The fourth-order valence-corrected chi connectivity index (χ4v) is 3.49. The molecule has 2 rings (SSSR count). The number of morpholine rings is 1. The van der Waals surface area contributed by atoms with E-state index in [9.17, 15) is 0 Å². The van der Waals surface area contributed by atoms with E-state index in [1.54, 1.807) is 11.3 Å². The molecule has 1 fully saturated rings. The van der Waals surface area contributed by atoms with E-state index in [0.717, 1.165) is 64.6 Å². The Labute approximate surface area is 172 Å². The predicted molar refractivity (Wildman–Crippen MR) is 116 cm³/mol. The zero-order chi connectivity index (χ0) is 17.0. The van der Waals surface area contributed by atoms with Gasteiger partial charge >= 0.3 is 0 Å². The second kappa shape index (κ2) is 13.7. The molecule has 0 amide bonds. The van der Waals surface area contributed by atoms with Crippen molar-refractivity contribution in [1.29, 1.82) is 0 Å². The quantitative estimate of drug-likeness (QED) is 0.245.